The number of piperazine rings is 1. The zero-order valence-electron chi connectivity index (χ0n) is 25.5. The number of hydrogen-bond donors (Lipinski definition) is 3. The second-order valence-corrected chi connectivity index (χ2v) is 12.3. The number of aliphatic hydroxyl groups is 1. The Bertz CT molecular complexity index is 1180. The highest BCUT2D eigenvalue weighted by Crippen LogP contribution is 2.41. The maximum Gasteiger partial charge on any atom is 0.248 e. The van der Waals surface area contributed by atoms with Crippen molar-refractivity contribution in [2.24, 2.45) is 5.92 Å². The van der Waals surface area contributed by atoms with Crippen LogP contribution in [0, 0.1) is 19.8 Å². The molecule has 1 unspecified atom stereocenters. The number of aryl methyl sites for hydroxylation is 2. The zero-order valence-corrected chi connectivity index (χ0v) is 26.3. The van der Waals surface area contributed by atoms with Crippen LogP contribution in [0.25, 0.3) is 0 Å². The fourth-order valence-electron chi connectivity index (χ4n) is 7.42. The van der Waals surface area contributed by atoms with E-state index in [1.807, 2.05) is 24.0 Å². The van der Waals surface area contributed by atoms with Gasteiger partial charge in [-0.1, -0.05) is 44.7 Å². The van der Waals surface area contributed by atoms with Crippen LogP contribution in [0.15, 0.2) is 24.3 Å². The second kappa shape index (κ2) is 13.8. The highest BCUT2D eigenvalue weighted by molar-refractivity contribution is 6.00. The van der Waals surface area contributed by atoms with Gasteiger partial charge in [-0.25, -0.2) is 0 Å². The fourth-order valence-corrected chi connectivity index (χ4v) is 7.42. The lowest BCUT2D eigenvalue weighted by Crippen LogP contribution is -2.75. The average Bonchev–Trinajstić information content (AvgIpc) is 3.33. The molecule has 3 aliphatic rings. The topological polar surface area (TPSA) is 111 Å². The molecule has 2 amide bonds. The molecular formula is C32H48ClN5O4. The first-order valence-electron chi connectivity index (χ1n) is 15.5. The summed E-state index contributed by atoms with van der Waals surface area (Å²) in [4.78, 5) is 32.3. The molecule has 3 atom stereocenters. The van der Waals surface area contributed by atoms with Crippen LogP contribution in [0.4, 0.5) is 0 Å². The first-order valence-corrected chi connectivity index (χ1v) is 15.5. The number of nitrogens with one attached hydrogen (secondary N) is 2. The predicted molar refractivity (Wildman–Crippen MR) is 165 cm³/mol. The van der Waals surface area contributed by atoms with Crippen molar-refractivity contribution in [2.75, 3.05) is 26.7 Å². The lowest BCUT2D eigenvalue weighted by Gasteiger charge is -2.53. The number of likely N-dealkylation sites (tertiary alicyclic amines) is 1. The van der Waals surface area contributed by atoms with Gasteiger partial charge < -0.3 is 20.1 Å². The Morgan fingerprint density at radius 3 is 2.33 bits per heavy atom. The Balaban J connectivity index is 0.00000405. The van der Waals surface area contributed by atoms with Gasteiger partial charge in [-0.3, -0.25) is 19.6 Å². The van der Waals surface area contributed by atoms with Crippen molar-refractivity contribution >= 4 is 24.2 Å². The van der Waals surface area contributed by atoms with Crippen molar-refractivity contribution in [3.63, 3.8) is 0 Å². The van der Waals surface area contributed by atoms with Crippen LogP contribution in [0.5, 0.6) is 5.75 Å². The SMILES string of the molecule is CCCCN1C(=O)[C@@H]([C@H](O)C2CCCCC2)NC(=O)C12CCN(C(c1ccc(OC)cc1)c1c(C)n[nH]c1C)CC2.Cl. The Morgan fingerprint density at radius 1 is 1.10 bits per heavy atom. The number of aliphatic hydroxyl groups excluding tert-OH is 1. The summed E-state index contributed by atoms with van der Waals surface area (Å²) >= 11 is 0. The van der Waals surface area contributed by atoms with Crippen LogP contribution in [0.2, 0.25) is 0 Å². The maximum absolute atomic E-state index is 14.0. The van der Waals surface area contributed by atoms with E-state index in [1.54, 1.807) is 7.11 Å². The third-order valence-corrected chi connectivity index (χ3v) is 9.85. The third kappa shape index (κ3) is 6.06. The minimum absolute atomic E-state index is 0. The minimum Gasteiger partial charge on any atom is -0.497 e. The molecule has 2 saturated heterocycles. The molecule has 1 aliphatic carbocycles. The first kappa shape index (κ1) is 32.3. The summed E-state index contributed by atoms with van der Waals surface area (Å²) in [6.07, 6.45) is 7.16. The molecule has 0 radical (unpaired) electrons. The Hall–Kier alpha value is -2.62. The molecule has 10 heteroatoms. The van der Waals surface area contributed by atoms with Gasteiger partial charge in [0.25, 0.3) is 0 Å². The van der Waals surface area contributed by atoms with Crippen LogP contribution >= 0.6 is 12.4 Å². The van der Waals surface area contributed by atoms with Gasteiger partial charge in [0.1, 0.15) is 17.3 Å². The number of benzene rings is 1. The molecule has 3 fully saturated rings. The Labute approximate surface area is 256 Å². The maximum atomic E-state index is 14.0. The summed E-state index contributed by atoms with van der Waals surface area (Å²) in [5.74, 6) is 0.649. The van der Waals surface area contributed by atoms with E-state index in [2.05, 4.69) is 46.4 Å². The molecule has 1 spiro atoms. The van der Waals surface area contributed by atoms with Crippen LogP contribution in [-0.2, 0) is 9.59 Å². The van der Waals surface area contributed by atoms with Crippen LogP contribution in [0.1, 0.15) is 93.3 Å². The predicted octanol–water partition coefficient (Wildman–Crippen LogP) is 4.45. The van der Waals surface area contributed by atoms with Gasteiger partial charge >= 0.3 is 0 Å². The van der Waals surface area contributed by atoms with Crippen LogP contribution in [-0.4, -0.2) is 81.3 Å². The summed E-state index contributed by atoms with van der Waals surface area (Å²) in [6, 6.07) is 7.27. The second-order valence-electron chi connectivity index (χ2n) is 12.3. The van der Waals surface area contributed by atoms with E-state index in [0.29, 0.717) is 32.5 Å². The average molecular weight is 602 g/mol. The van der Waals surface area contributed by atoms with Gasteiger partial charge in [0.05, 0.1) is 24.9 Å². The molecule has 42 heavy (non-hydrogen) atoms. The van der Waals surface area contributed by atoms with E-state index >= 15 is 0 Å². The molecule has 9 nitrogen and oxygen atoms in total. The van der Waals surface area contributed by atoms with Gasteiger partial charge in [-0.05, 0) is 69.6 Å². The number of carbonyl (C=O) groups excluding carboxylic acids is 2. The van der Waals surface area contributed by atoms with Gasteiger partial charge in [0.15, 0.2) is 0 Å². The van der Waals surface area contributed by atoms with Crippen molar-refractivity contribution < 1.29 is 19.4 Å². The molecule has 2 aromatic rings. The Kier molecular flexibility index (Phi) is 10.6. The number of amides is 2. The zero-order chi connectivity index (χ0) is 29.1. The summed E-state index contributed by atoms with van der Waals surface area (Å²) in [6.45, 7) is 8.03. The molecular weight excluding hydrogens is 554 g/mol. The van der Waals surface area contributed by atoms with E-state index < -0.39 is 17.7 Å². The monoisotopic (exact) mass is 601 g/mol. The number of carbonyl (C=O) groups is 2. The Morgan fingerprint density at radius 2 is 1.76 bits per heavy atom. The van der Waals surface area contributed by atoms with E-state index in [0.717, 1.165) is 66.8 Å². The highest BCUT2D eigenvalue weighted by atomic mass is 35.5. The summed E-state index contributed by atoms with van der Waals surface area (Å²) in [7, 11) is 1.67. The van der Waals surface area contributed by atoms with Crippen molar-refractivity contribution in [1.82, 2.24) is 25.3 Å². The smallest absolute Gasteiger partial charge is 0.248 e. The number of piperidine rings is 1. The van der Waals surface area contributed by atoms with Crippen molar-refractivity contribution in [1.29, 1.82) is 0 Å². The summed E-state index contributed by atoms with van der Waals surface area (Å²) in [5, 5.41) is 21.9. The van der Waals surface area contributed by atoms with Crippen molar-refractivity contribution in [3.05, 3.63) is 46.8 Å². The van der Waals surface area contributed by atoms with E-state index in [9.17, 15) is 14.7 Å². The van der Waals surface area contributed by atoms with Gasteiger partial charge in [0, 0.05) is 30.9 Å². The number of halogens is 1. The largest absolute Gasteiger partial charge is 0.497 e. The fraction of sp³-hybridized carbons (Fsp3) is 0.656. The lowest BCUT2D eigenvalue weighted by atomic mass is 9.77. The van der Waals surface area contributed by atoms with Crippen molar-refractivity contribution in [3.8, 4) is 5.75 Å². The number of unbranched alkanes of at least 4 members (excludes halogenated alkanes) is 1. The molecule has 1 saturated carbocycles. The molecule has 2 aliphatic heterocycles. The number of nitrogens with zero attached hydrogens (tertiary/aromatic N) is 3. The molecule has 232 valence electrons. The van der Waals surface area contributed by atoms with Crippen LogP contribution in [0.3, 0.4) is 0 Å². The number of rotatable bonds is 9. The standard InChI is InChI=1S/C32H47N5O4.ClH/c1-5-6-18-37-30(39)27(29(38)24-10-8-7-9-11-24)33-31(40)32(37)16-19-36(20-17-32)28(26-21(2)34-35-22(26)3)23-12-14-25(41-4)15-13-23;/h12-15,24,27-29,38H,5-11,16-20H2,1-4H3,(H,33,40)(H,34,35);1H/t27-,28?,29-;/m1./s1. The normalized spacial score (nSPS) is 22.9. The van der Waals surface area contributed by atoms with Gasteiger partial charge in [0.2, 0.25) is 11.8 Å². The number of hydrogen-bond acceptors (Lipinski definition) is 6. The number of methoxy groups -OCH3 is 1. The molecule has 0 bridgehead atoms. The highest BCUT2D eigenvalue weighted by Gasteiger charge is 2.55. The molecule has 5 rings (SSSR count). The lowest BCUT2D eigenvalue weighted by molar-refractivity contribution is -0.166. The van der Waals surface area contributed by atoms with Gasteiger partial charge in [-0.2, -0.15) is 5.10 Å². The summed E-state index contributed by atoms with van der Waals surface area (Å²) in [5.41, 5.74) is 3.37. The van der Waals surface area contributed by atoms with E-state index in [4.69, 9.17) is 4.74 Å². The quantitative estimate of drug-likeness (QED) is 0.392. The minimum atomic E-state index is -0.892. The number of aromatic nitrogens is 2. The molecule has 1 aromatic heterocycles. The number of aromatic amines is 1. The molecule has 1 aromatic carbocycles. The van der Waals surface area contributed by atoms with E-state index in [-0.39, 0.29) is 36.2 Å². The van der Waals surface area contributed by atoms with Gasteiger partial charge in [-0.15, -0.1) is 12.4 Å². The molecule has 3 heterocycles. The van der Waals surface area contributed by atoms with Crippen LogP contribution < -0.4 is 10.1 Å². The summed E-state index contributed by atoms with van der Waals surface area (Å²) < 4.78 is 5.41. The third-order valence-electron chi connectivity index (χ3n) is 9.85. The van der Waals surface area contributed by atoms with Crippen molar-refractivity contribution in [2.45, 2.75) is 102 Å². The molecule has 3 N–H and O–H groups in total. The first-order chi connectivity index (χ1) is 19.8. The van der Waals surface area contributed by atoms with E-state index in [1.165, 1.54) is 6.42 Å². The number of H-pyrrole nitrogens is 1. The number of ether oxygens (including phenoxy) is 1.